The number of rotatable bonds is 9. The molecule has 0 radical (unpaired) electrons. The number of fused-ring (bicyclic) bond motifs is 2. The van der Waals surface area contributed by atoms with Gasteiger partial charge >= 0.3 is 0 Å². The summed E-state index contributed by atoms with van der Waals surface area (Å²) >= 11 is 3.70. The molecule has 2 aromatic heterocycles. The zero-order valence-electron chi connectivity index (χ0n) is 18.4. The van der Waals surface area contributed by atoms with Crippen molar-refractivity contribution in [3.8, 4) is 0 Å². The Morgan fingerprint density at radius 1 is 1.36 bits per heavy atom. The number of sulfonamides is 1. The summed E-state index contributed by atoms with van der Waals surface area (Å²) in [6, 6.07) is 3.96. The smallest absolute Gasteiger partial charge is 0.211 e. The van der Waals surface area contributed by atoms with Gasteiger partial charge in [-0.2, -0.15) is 0 Å². The maximum Gasteiger partial charge on any atom is 0.211 e. The molecule has 0 amide bonds. The summed E-state index contributed by atoms with van der Waals surface area (Å²) < 4.78 is 44.2. The fourth-order valence-electron chi connectivity index (χ4n) is 3.91. The van der Waals surface area contributed by atoms with E-state index in [1.165, 1.54) is 18.1 Å². The third kappa shape index (κ3) is 5.60. The van der Waals surface area contributed by atoms with Gasteiger partial charge in [0, 0.05) is 21.6 Å². The molecule has 1 atom stereocenters. The highest BCUT2D eigenvalue weighted by Gasteiger charge is 2.25. The van der Waals surface area contributed by atoms with E-state index in [9.17, 15) is 12.8 Å². The van der Waals surface area contributed by atoms with Crippen molar-refractivity contribution in [2.45, 2.75) is 55.9 Å². The molecule has 3 aromatic rings. The minimum absolute atomic E-state index is 0.0569. The van der Waals surface area contributed by atoms with Crippen molar-refractivity contribution in [1.29, 1.82) is 0 Å². The van der Waals surface area contributed by atoms with Gasteiger partial charge in [-0.3, -0.25) is 0 Å². The topological polar surface area (TPSA) is 116 Å². The first-order valence-electron chi connectivity index (χ1n) is 10.7. The lowest BCUT2D eigenvalue weighted by molar-refractivity contribution is 0.343. The molecule has 12 heteroatoms. The van der Waals surface area contributed by atoms with Crippen LogP contribution in [0.5, 0.6) is 0 Å². The predicted molar refractivity (Wildman–Crippen MR) is 136 cm³/mol. The molecular weight excluding hydrogens is 578 g/mol. The Labute approximate surface area is 210 Å². The molecule has 0 spiro atoms. The van der Waals surface area contributed by atoms with Gasteiger partial charge in [0.25, 0.3) is 0 Å². The van der Waals surface area contributed by atoms with Crippen LogP contribution >= 0.6 is 34.4 Å². The molecule has 8 nitrogen and oxygen atoms in total. The number of nitrogens with one attached hydrogen (secondary N) is 1. The lowest BCUT2D eigenvalue weighted by Gasteiger charge is -2.12. The molecule has 33 heavy (non-hydrogen) atoms. The summed E-state index contributed by atoms with van der Waals surface area (Å²) in [5, 5.41) is 0.661. The van der Waals surface area contributed by atoms with E-state index in [1.807, 2.05) is 30.5 Å². The number of alkyl halides is 1. The Balaban J connectivity index is 1.58. The van der Waals surface area contributed by atoms with Crippen LogP contribution in [0.2, 0.25) is 0 Å². The minimum Gasteiger partial charge on any atom is -0.382 e. The Bertz CT molecular complexity index is 1280. The van der Waals surface area contributed by atoms with E-state index >= 15 is 0 Å². The van der Waals surface area contributed by atoms with Crippen LogP contribution in [0.3, 0.4) is 0 Å². The molecule has 178 valence electrons. The number of imidazole rings is 1. The van der Waals surface area contributed by atoms with E-state index < -0.39 is 16.2 Å². The average molecular weight is 605 g/mol. The number of aryl methyl sites for hydroxylation is 2. The highest BCUT2D eigenvalue weighted by atomic mass is 127. The van der Waals surface area contributed by atoms with Crippen molar-refractivity contribution < 1.29 is 12.8 Å². The summed E-state index contributed by atoms with van der Waals surface area (Å²) in [4.78, 5) is 14.0. The molecule has 0 bridgehead atoms. The Morgan fingerprint density at radius 2 is 2.15 bits per heavy atom. The van der Waals surface area contributed by atoms with Gasteiger partial charge in [0.2, 0.25) is 10.0 Å². The van der Waals surface area contributed by atoms with Gasteiger partial charge in [0.15, 0.2) is 22.1 Å². The summed E-state index contributed by atoms with van der Waals surface area (Å²) in [5.41, 5.74) is 8.94. The van der Waals surface area contributed by atoms with Gasteiger partial charge in [0.05, 0.1) is 5.75 Å². The van der Waals surface area contributed by atoms with Gasteiger partial charge in [-0.15, -0.1) is 0 Å². The fraction of sp³-hybridized carbons (Fsp3) is 0.476. The number of benzene rings is 1. The largest absolute Gasteiger partial charge is 0.382 e. The number of halogens is 2. The highest BCUT2D eigenvalue weighted by Crippen LogP contribution is 2.41. The maximum absolute atomic E-state index is 14.3. The second-order valence-corrected chi connectivity index (χ2v) is 12.5. The maximum atomic E-state index is 14.3. The van der Waals surface area contributed by atoms with Gasteiger partial charge < -0.3 is 10.3 Å². The first kappa shape index (κ1) is 24.6. The molecule has 0 fully saturated rings. The molecule has 1 aliphatic rings. The number of nitrogens with zero attached hydrogens (tertiary/aromatic N) is 4. The van der Waals surface area contributed by atoms with Crippen molar-refractivity contribution >= 4 is 61.4 Å². The van der Waals surface area contributed by atoms with E-state index in [-0.39, 0.29) is 17.5 Å². The zero-order valence-corrected chi connectivity index (χ0v) is 22.2. The molecule has 1 aliphatic carbocycles. The van der Waals surface area contributed by atoms with Crippen LogP contribution in [0, 0.1) is 9.49 Å². The number of aromatic nitrogens is 4. The van der Waals surface area contributed by atoms with Crippen LogP contribution in [-0.2, 0) is 23.0 Å². The molecule has 2 heterocycles. The normalized spacial score (nSPS) is 16.1. The molecular formula is C21H26FIN6O2S2. The van der Waals surface area contributed by atoms with Crippen LogP contribution < -0.4 is 10.5 Å². The van der Waals surface area contributed by atoms with Crippen LogP contribution in [0.15, 0.2) is 28.5 Å². The van der Waals surface area contributed by atoms with Gasteiger partial charge in [-0.25, -0.2) is 32.5 Å². The third-order valence-corrected chi connectivity index (χ3v) is 9.42. The number of nitrogen functional groups attached to an aromatic ring is 1. The summed E-state index contributed by atoms with van der Waals surface area (Å²) in [6.07, 6.45) is 2.29. The van der Waals surface area contributed by atoms with E-state index in [0.717, 1.165) is 26.0 Å². The van der Waals surface area contributed by atoms with Gasteiger partial charge in [0.1, 0.15) is 12.5 Å². The van der Waals surface area contributed by atoms with Crippen LogP contribution in [0.25, 0.3) is 11.2 Å². The zero-order chi connectivity index (χ0) is 23.8. The van der Waals surface area contributed by atoms with Crippen LogP contribution in [0.4, 0.5) is 10.2 Å². The molecule has 0 aliphatic heterocycles. The van der Waals surface area contributed by atoms with Gasteiger partial charge in [-0.1, -0.05) is 25.6 Å². The van der Waals surface area contributed by atoms with Gasteiger partial charge in [-0.05, 0) is 71.0 Å². The lowest BCUT2D eigenvalue weighted by atomic mass is 10.1. The first-order valence-corrected chi connectivity index (χ1v) is 14.3. The van der Waals surface area contributed by atoms with Crippen molar-refractivity contribution in [3.05, 3.63) is 33.2 Å². The standard InChI is InChI=1S/C21H26FIN6O2S2/c1-12(2)10-33(30,31)27-6-3-7-29-20-18(19(24)25-11-26-20)28-21(29)32-17-9-14-13(8-16(17)23)4-5-15(14)22/h8-9,11-12,15,27H,3-7,10H2,1-2H3,(H2,24,25,26). The van der Waals surface area contributed by atoms with Crippen LogP contribution in [-0.4, -0.2) is 40.2 Å². The number of hydrogen-bond acceptors (Lipinski definition) is 7. The number of nitrogens with two attached hydrogens (primary N) is 1. The molecule has 1 unspecified atom stereocenters. The molecule has 0 saturated carbocycles. The Hall–Kier alpha value is -1.51. The Kier molecular flexibility index (Phi) is 7.46. The summed E-state index contributed by atoms with van der Waals surface area (Å²) in [7, 11) is -3.31. The first-order chi connectivity index (χ1) is 15.6. The van der Waals surface area contributed by atoms with Crippen molar-refractivity contribution in [2.75, 3.05) is 18.0 Å². The second-order valence-electron chi connectivity index (χ2n) is 8.49. The van der Waals surface area contributed by atoms with E-state index in [1.54, 1.807) is 0 Å². The highest BCUT2D eigenvalue weighted by molar-refractivity contribution is 14.1. The third-order valence-electron chi connectivity index (χ3n) is 5.36. The predicted octanol–water partition coefficient (Wildman–Crippen LogP) is 4.09. The molecule has 0 saturated heterocycles. The lowest BCUT2D eigenvalue weighted by Crippen LogP contribution is -2.29. The van der Waals surface area contributed by atoms with E-state index in [4.69, 9.17) is 5.73 Å². The van der Waals surface area contributed by atoms with E-state index in [0.29, 0.717) is 42.3 Å². The molecule has 3 N–H and O–H groups in total. The minimum atomic E-state index is -3.31. The average Bonchev–Trinajstić information content (AvgIpc) is 3.26. The number of anilines is 1. The van der Waals surface area contributed by atoms with Crippen molar-refractivity contribution in [2.24, 2.45) is 5.92 Å². The Morgan fingerprint density at radius 3 is 2.91 bits per heavy atom. The second kappa shape index (κ2) is 10.0. The monoisotopic (exact) mass is 604 g/mol. The van der Waals surface area contributed by atoms with Crippen molar-refractivity contribution in [3.63, 3.8) is 0 Å². The van der Waals surface area contributed by atoms with Crippen molar-refractivity contribution in [1.82, 2.24) is 24.2 Å². The summed E-state index contributed by atoms with van der Waals surface area (Å²) in [6.45, 7) is 4.54. The fourth-order valence-corrected chi connectivity index (χ4v) is 7.19. The SMILES string of the molecule is CC(C)CS(=O)(=O)NCCCn1c(Sc2cc3c(cc2I)CCC3F)nc2c(N)ncnc21. The number of hydrogen-bond donors (Lipinski definition) is 2. The van der Waals surface area contributed by atoms with Crippen LogP contribution in [0.1, 0.15) is 44.0 Å². The quantitative estimate of drug-likeness (QED) is 0.279. The summed E-state index contributed by atoms with van der Waals surface area (Å²) in [5.74, 6) is 0.435. The molecule has 4 rings (SSSR count). The molecule has 1 aromatic carbocycles. The van der Waals surface area contributed by atoms with E-state index in [2.05, 4.69) is 42.3 Å².